The van der Waals surface area contributed by atoms with Crippen molar-refractivity contribution in [2.75, 3.05) is 26.2 Å². The van der Waals surface area contributed by atoms with Crippen LogP contribution in [0, 0.1) is 0 Å². The molecule has 0 aliphatic carbocycles. The van der Waals surface area contributed by atoms with Crippen LogP contribution in [0.25, 0.3) is 0 Å². The monoisotopic (exact) mass is 238 g/mol. The van der Waals surface area contributed by atoms with Crippen molar-refractivity contribution in [2.24, 2.45) is 12.8 Å². The summed E-state index contributed by atoms with van der Waals surface area (Å²) in [5.74, 6) is 1.02. The number of nitrogens with two attached hydrogens (primary N) is 1. The van der Waals surface area contributed by atoms with E-state index in [9.17, 15) is 0 Å². The first kappa shape index (κ1) is 12.5. The van der Waals surface area contributed by atoms with E-state index in [2.05, 4.69) is 16.8 Å². The smallest absolute Gasteiger partial charge is 0.110 e. The number of imidazole rings is 1. The van der Waals surface area contributed by atoms with Gasteiger partial charge in [-0.2, -0.15) is 0 Å². The minimum atomic E-state index is 0.0189. The van der Waals surface area contributed by atoms with Crippen molar-refractivity contribution in [1.29, 1.82) is 0 Å². The molecule has 1 aromatic rings. The number of morpholine rings is 1. The predicted molar refractivity (Wildman–Crippen MR) is 66.7 cm³/mol. The molecule has 2 atom stereocenters. The summed E-state index contributed by atoms with van der Waals surface area (Å²) in [7, 11) is 2.00. The Balaban J connectivity index is 1.91. The Hall–Kier alpha value is -0.910. The molecule has 17 heavy (non-hydrogen) atoms. The summed E-state index contributed by atoms with van der Waals surface area (Å²) in [6.45, 7) is 5.97. The molecule has 0 radical (unpaired) electrons. The van der Waals surface area contributed by atoms with Gasteiger partial charge in [0.2, 0.25) is 0 Å². The van der Waals surface area contributed by atoms with Gasteiger partial charge in [-0.1, -0.05) is 6.92 Å². The fourth-order valence-corrected chi connectivity index (χ4v) is 2.21. The first-order valence-electron chi connectivity index (χ1n) is 6.26. The highest BCUT2D eigenvalue weighted by atomic mass is 16.5. The number of aryl methyl sites for hydroxylation is 1. The summed E-state index contributed by atoms with van der Waals surface area (Å²) in [5, 5.41) is 0. The fraction of sp³-hybridized carbons (Fsp3) is 0.750. The van der Waals surface area contributed by atoms with Gasteiger partial charge in [0.05, 0.1) is 12.7 Å². The standard InChI is InChI=1S/C12H22N4O/c1-3-16-6-7-17-11(9-16)10(13)8-12-14-4-5-15(12)2/h4-5,10-11H,3,6-9,13H2,1-2H3. The van der Waals surface area contributed by atoms with Crippen molar-refractivity contribution < 1.29 is 4.74 Å². The number of hydrogen-bond donors (Lipinski definition) is 1. The van der Waals surface area contributed by atoms with E-state index >= 15 is 0 Å². The van der Waals surface area contributed by atoms with Gasteiger partial charge in [0.1, 0.15) is 5.82 Å². The molecule has 5 nitrogen and oxygen atoms in total. The number of ether oxygens (including phenoxy) is 1. The van der Waals surface area contributed by atoms with E-state index in [4.69, 9.17) is 10.5 Å². The van der Waals surface area contributed by atoms with E-state index in [-0.39, 0.29) is 12.1 Å². The highest BCUT2D eigenvalue weighted by Gasteiger charge is 2.25. The van der Waals surface area contributed by atoms with Crippen molar-refractivity contribution >= 4 is 0 Å². The van der Waals surface area contributed by atoms with E-state index in [1.54, 1.807) is 0 Å². The third-order valence-corrected chi connectivity index (χ3v) is 3.44. The lowest BCUT2D eigenvalue weighted by atomic mass is 10.1. The molecule has 1 saturated heterocycles. The van der Waals surface area contributed by atoms with Gasteiger partial charge in [-0.05, 0) is 6.54 Å². The molecule has 1 fully saturated rings. The van der Waals surface area contributed by atoms with Crippen LogP contribution in [-0.2, 0) is 18.2 Å². The predicted octanol–water partition coefficient (Wildman–Crippen LogP) is 0.0106. The van der Waals surface area contributed by atoms with Crippen LogP contribution < -0.4 is 5.73 Å². The molecule has 2 unspecified atom stereocenters. The number of nitrogens with zero attached hydrogens (tertiary/aromatic N) is 3. The summed E-state index contributed by atoms with van der Waals surface area (Å²) >= 11 is 0. The minimum absolute atomic E-state index is 0.0189. The van der Waals surface area contributed by atoms with Crippen LogP contribution in [0.3, 0.4) is 0 Å². The summed E-state index contributed by atoms with van der Waals surface area (Å²) in [6, 6.07) is 0.0189. The third-order valence-electron chi connectivity index (χ3n) is 3.44. The maximum Gasteiger partial charge on any atom is 0.110 e. The van der Waals surface area contributed by atoms with Crippen molar-refractivity contribution in [1.82, 2.24) is 14.5 Å². The summed E-state index contributed by atoms with van der Waals surface area (Å²) in [6.07, 6.45) is 4.65. The molecule has 0 saturated carbocycles. The topological polar surface area (TPSA) is 56.3 Å². The second-order valence-corrected chi connectivity index (χ2v) is 4.62. The molecule has 5 heteroatoms. The molecule has 2 heterocycles. The zero-order chi connectivity index (χ0) is 12.3. The maximum atomic E-state index is 6.22. The maximum absolute atomic E-state index is 6.22. The molecule has 2 rings (SSSR count). The van der Waals surface area contributed by atoms with Crippen LogP contribution in [0.5, 0.6) is 0 Å². The Kier molecular flexibility index (Phi) is 4.15. The normalized spacial score (nSPS) is 23.8. The van der Waals surface area contributed by atoms with Gasteiger partial charge in [0.15, 0.2) is 0 Å². The van der Waals surface area contributed by atoms with Gasteiger partial charge in [-0.15, -0.1) is 0 Å². The molecular formula is C12H22N4O. The molecule has 1 aromatic heterocycles. The van der Waals surface area contributed by atoms with Crippen molar-refractivity contribution in [3.63, 3.8) is 0 Å². The lowest BCUT2D eigenvalue weighted by Gasteiger charge is -2.35. The Bertz CT molecular complexity index is 352. The third kappa shape index (κ3) is 3.06. The first-order valence-corrected chi connectivity index (χ1v) is 6.26. The molecule has 1 aliphatic heterocycles. The van der Waals surface area contributed by atoms with Crippen molar-refractivity contribution in [2.45, 2.75) is 25.5 Å². The van der Waals surface area contributed by atoms with Crippen LogP contribution in [0.4, 0.5) is 0 Å². The molecule has 1 aliphatic rings. The molecule has 0 aromatic carbocycles. The van der Waals surface area contributed by atoms with Gasteiger partial charge < -0.3 is 15.0 Å². The lowest BCUT2D eigenvalue weighted by molar-refractivity contribution is -0.0388. The number of hydrogen-bond acceptors (Lipinski definition) is 4. The Morgan fingerprint density at radius 2 is 2.47 bits per heavy atom. The van der Waals surface area contributed by atoms with Gasteiger partial charge >= 0.3 is 0 Å². The van der Waals surface area contributed by atoms with Crippen LogP contribution in [0.15, 0.2) is 12.4 Å². The number of aromatic nitrogens is 2. The second-order valence-electron chi connectivity index (χ2n) is 4.62. The first-order chi connectivity index (χ1) is 8.20. The summed E-state index contributed by atoms with van der Waals surface area (Å²) in [5.41, 5.74) is 6.22. The van der Waals surface area contributed by atoms with Crippen LogP contribution >= 0.6 is 0 Å². The average Bonchev–Trinajstić information content (AvgIpc) is 2.75. The zero-order valence-electron chi connectivity index (χ0n) is 10.7. The molecule has 0 bridgehead atoms. The van der Waals surface area contributed by atoms with Crippen molar-refractivity contribution in [3.05, 3.63) is 18.2 Å². The van der Waals surface area contributed by atoms with Gasteiger partial charge in [0.25, 0.3) is 0 Å². The van der Waals surface area contributed by atoms with Crippen LogP contribution in [0.1, 0.15) is 12.7 Å². The van der Waals surface area contributed by atoms with Crippen molar-refractivity contribution in [3.8, 4) is 0 Å². The van der Waals surface area contributed by atoms with Crippen LogP contribution in [0.2, 0.25) is 0 Å². The van der Waals surface area contributed by atoms with Gasteiger partial charge in [0, 0.05) is 45.0 Å². The van der Waals surface area contributed by atoms with E-state index in [1.807, 2.05) is 24.0 Å². The Morgan fingerprint density at radius 3 is 3.12 bits per heavy atom. The molecule has 0 spiro atoms. The minimum Gasteiger partial charge on any atom is -0.374 e. The van der Waals surface area contributed by atoms with E-state index < -0.39 is 0 Å². The SMILES string of the molecule is CCN1CCOC(C(N)Cc2nccn2C)C1. The van der Waals surface area contributed by atoms with Gasteiger partial charge in [-0.3, -0.25) is 4.90 Å². The Morgan fingerprint density at radius 1 is 1.65 bits per heavy atom. The largest absolute Gasteiger partial charge is 0.374 e. The molecule has 96 valence electrons. The quantitative estimate of drug-likeness (QED) is 0.803. The van der Waals surface area contributed by atoms with E-state index in [0.29, 0.717) is 0 Å². The van der Waals surface area contributed by atoms with Gasteiger partial charge in [-0.25, -0.2) is 4.98 Å². The molecular weight excluding hydrogens is 216 g/mol. The van der Waals surface area contributed by atoms with E-state index in [0.717, 1.165) is 38.5 Å². The average molecular weight is 238 g/mol. The number of likely N-dealkylation sites (N-methyl/N-ethyl adjacent to an activating group) is 1. The highest BCUT2D eigenvalue weighted by molar-refractivity contribution is 4.96. The van der Waals surface area contributed by atoms with E-state index in [1.165, 1.54) is 0 Å². The lowest BCUT2D eigenvalue weighted by Crippen LogP contribution is -2.51. The molecule has 2 N–H and O–H groups in total. The second kappa shape index (κ2) is 5.62. The van der Waals surface area contributed by atoms with Crippen LogP contribution in [-0.4, -0.2) is 52.8 Å². The fourth-order valence-electron chi connectivity index (χ4n) is 2.21. The molecule has 0 amide bonds. The number of rotatable bonds is 4. The summed E-state index contributed by atoms with van der Waals surface area (Å²) < 4.78 is 7.77. The summed E-state index contributed by atoms with van der Waals surface area (Å²) in [4.78, 5) is 6.68. The highest BCUT2D eigenvalue weighted by Crippen LogP contribution is 2.10. The zero-order valence-corrected chi connectivity index (χ0v) is 10.7. The Labute approximate surface area is 103 Å².